The number of aliphatic hydroxyl groups excluding tert-OH is 1. The van der Waals surface area contributed by atoms with E-state index in [9.17, 15) is 5.11 Å². The van der Waals surface area contributed by atoms with Crippen LogP contribution in [0, 0.1) is 0 Å². The van der Waals surface area contributed by atoms with Crippen LogP contribution in [-0.2, 0) is 0 Å². The summed E-state index contributed by atoms with van der Waals surface area (Å²) in [7, 11) is 0. The Labute approximate surface area is 149 Å². The average molecular weight is 480 g/mol. The Kier molecular flexibility index (Phi) is 6.54. The van der Waals surface area contributed by atoms with Crippen LogP contribution in [-0.4, -0.2) is 24.4 Å². The van der Waals surface area contributed by atoms with Crippen LogP contribution in [0.2, 0.25) is 0 Å². The van der Waals surface area contributed by atoms with Gasteiger partial charge in [0, 0.05) is 20.0 Å². The Hall–Kier alpha value is -0.560. The molecule has 0 bridgehead atoms. The Balaban J connectivity index is 1.82. The van der Waals surface area contributed by atoms with Crippen LogP contribution in [0.4, 0.5) is 5.69 Å². The van der Waals surface area contributed by atoms with Gasteiger partial charge in [0.1, 0.15) is 18.5 Å². The molecule has 0 aliphatic carbocycles. The van der Waals surface area contributed by atoms with E-state index in [1.807, 2.05) is 42.5 Å². The van der Waals surface area contributed by atoms with E-state index in [2.05, 4.69) is 53.1 Å². The van der Waals surface area contributed by atoms with E-state index in [4.69, 9.17) is 4.74 Å². The van der Waals surface area contributed by atoms with E-state index in [-0.39, 0.29) is 6.61 Å². The van der Waals surface area contributed by atoms with Crippen molar-refractivity contribution in [3.05, 3.63) is 55.9 Å². The fourth-order valence-electron chi connectivity index (χ4n) is 1.67. The van der Waals surface area contributed by atoms with E-state index in [1.165, 1.54) is 0 Å². The molecule has 0 aromatic heterocycles. The van der Waals surface area contributed by atoms with Gasteiger partial charge >= 0.3 is 0 Å². The van der Waals surface area contributed by atoms with Crippen LogP contribution in [0.5, 0.6) is 5.75 Å². The highest BCUT2D eigenvalue weighted by molar-refractivity contribution is 9.11. The molecule has 0 spiro atoms. The van der Waals surface area contributed by atoms with Gasteiger partial charge in [0.25, 0.3) is 0 Å². The molecular weight excluding hydrogens is 466 g/mol. The summed E-state index contributed by atoms with van der Waals surface area (Å²) in [6.07, 6.45) is -0.604. The molecule has 6 heteroatoms. The summed E-state index contributed by atoms with van der Waals surface area (Å²) < 4.78 is 8.42. The third kappa shape index (κ3) is 5.29. The molecule has 2 N–H and O–H groups in total. The van der Waals surface area contributed by atoms with E-state index in [0.717, 1.165) is 24.9 Å². The van der Waals surface area contributed by atoms with Gasteiger partial charge in [-0.1, -0.05) is 22.0 Å². The topological polar surface area (TPSA) is 41.5 Å². The molecule has 0 saturated carbocycles. The van der Waals surface area contributed by atoms with Crippen molar-refractivity contribution < 1.29 is 9.84 Å². The molecule has 0 saturated heterocycles. The molecule has 0 aliphatic rings. The minimum Gasteiger partial charge on any atom is -0.491 e. The Morgan fingerprint density at radius 1 is 1.00 bits per heavy atom. The molecule has 3 nitrogen and oxygen atoms in total. The van der Waals surface area contributed by atoms with Gasteiger partial charge in [-0.05, 0) is 68.3 Å². The Morgan fingerprint density at radius 3 is 2.24 bits per heavy atom. The van der Waals surface area contributed by atoms with E-state index < -0.39 is 6.10 Å². The summed E-state index contributed by atoms with van der Waals surface area (Å²) in [6, 6.07) is 13.3. The molecule has 21 heavy (non-hydrogen) atoms. The number of para-hydroxylation sites is 1. The van der Waals surface area contributed by atoms with E-state index in [1.54, 1.807) is 0 Å². The summed E-state index contributed by atoms with van der Waals surface area (Å²) in [4.78, 5) is 0. The number of rotatable bonds is 6. The maximum absolute atomic E-state index is 9.98. The number of benzene rings is 2. The van der Waals surface area contributed by atoms with Crippen LogP contribution >= 0.6 is 47.8 Å². The highest BCUT2D eigenvalue weighted by atomic mass is 79.9. The Morgan fingerprint density at radius 2 is 1.62 bits per heavy atom. The van der Waals surface area contributed by atoms with Crippen molar-refractivity contribution in [3.8, 4) is 5.75 Å². The third-order valence-corrected chi connectivity index (χ3v) is 4.58. The van der Waals surface area contributed by atoms with Crippen LogP contribution in [0.15, 0.2) is 55.9 Å². The van der Waals surface area contributed by atoms with Gasteiger partial charge < -0.3 is 15.2 Å². The molecule has 0 radical (unpaired) electrons. The highest BCUT2D eigenvalue weighted by Gasteiger charge is 2.09. The minimum absolute atomic E-state index is 0.233. The maximum atomic E-state index is 9.98. The zero-order valence-corrected chi connectivity index (χ0v) is 15.8. The lowest BCUT2D eigenvalue weighted by Gasteiger charge is -2.15. The molecular formula is C15H14Br3NO2. The largest absolute Gasteiger partial charge is 0.491 e. The van der Waals surface area contributed by atoms with Gasteiger partial charge in [0.2, 0.25) is 0 Å². The standard InChI is InChI=1S/C15H14Br3NO2/c16-10-4-6-12(7-5-10)21-9-11(20)8-19-15-13(17)2-1-3-14(15)18/h1-7,11,19-20H,8-9H2. The number of hydrogen-bond acceptors (Lipinski definition) is 3. The number of nitrogens with one attached hydrogen (secondary N) is 1. The van der Waals surface area contributed by atoms with Crippen molar-refractivity contribution in [1.82, 2.24) is 0 Å². The second-order valence-electron chi connectivity index (χ2n) is 4.40. The lowest BCUT2D eigenvalue weighted by Crippen LogP contribution is -2.26. The molecule has 2 aromatic rings. The average Bonchev–Trinajstić information content (AvgIpc) is 2.46. The molecule has 0 heterocycles. The van der Waals surface area contributed by atoms with Crippen molar-refractivity contribution in [2.24, 2.45) is 0 Å². The first-order valence-electron chi connectivity index (χ1n) is 6.30. The summed E-state index contributed by atoms with van der Waals surface area (Å²) in [6.45, 7) is 0.633. The van der Waals surface area contributed by atoms with Gasteiger partial charge in [0.15, 0.2) is 0 Å². The molecule has 1 unspecified atom stereocenters. The van der Waals surface area contributed by atoms with E-state index in [0.29, 0.717) is 6.54 Å². The van der Waals surface area contributed by atoms with Gasteiger partial charge in [0.05, 0.1) is 5.69 Å². The number of ether oxygens (including phenoxy) is 1. The van der Waals surface area contributed by atoms with Crippen molar-refractivity contribution in [2.45, 2.75) is 6.10 Å². The fourth-order valence-corrected chi connectivity index (χ4v) is 3.21. The second kappa shape index (κ2) is 8.17. The van der Waals surface area contributed by atoms with Gasteiger partial charge in [-0.2, -0.15) is 0 Å². The van der Waals surface area contributed by atoms with Crippen molar-refractivity contribution in [3.63, 3.8) is 0 Å². The summed E-state index contributed by atoms with van der Waals surface area (Å²) in [5, 5.41) is 13.2. The van der Waals surface area contributed by atoms with Crippen molar-refractivity contribution in [2.75, 3.05) is 18.5 Å². The highest BCUT2D eigenvalue weighted by Crippen LogP contribution is 2.30. The molecule has 112 valence electrons. The minimum atomic E-state index is -0.604. The van der Waals surface area contributed by atoms with Gasteiger partial charge in [-0.15, -0.1) is 0 Å². The normalized spacial score (nSPS) is 12.0. The molecule has 0 fully saturated rings. The quantitative estimate of drug-likeness (QED) is 0.623. The van der Waals surface area contributed by atoms with Crippen molar-refractivity contribution in [1.29, 1.82) is 0 Å². The van der Waals surface area contributed by atoms with Crippen LogP contribution in [0.3, 0.4) is 0 Å². The third-order valence-electron chi connectivity index (χ3n) is 2.73. The smallest absolute Gasteiger partial charge is 0.119 e. The van der Waals surface area contributed by atoms with Gasteiger partial charge in [-0.3, -0.25) is 0 Å². The number of aliphatic hydroxyl groups is 1. The lowest BCUT2D eigenvalue weighted by atomic mass is 10.3. The monoisotopic (exact) mass is 477 g/mol. The predicted octanol–water partition coefficient (Wildman–Crippen LogP) is 4.83. The van der Waals surface area contributed by atoms with Crippen molar-refractivity contribution >= 4 is 53.5 Å². The molecule has 1 atom stereocenters. The zero-order chi connectivity index (χ0) is 15.2. The SMILES string of the molecule is OC(CNc1c(Br)cccc1Br)COc1ccc(Br)cc1. The maximum Gasteiger partial charge on any atom is 0.119 e. The predicted molar refractivity (Wildman–Crippen MR) is 96.0 cm³/mol. The molecule has 2 aromatic carbocycles. The number of halogens is 3. The lowest BCUT2D eigenvalue weighted by molar-refractivity contribution is 0.117. The first-order valence-corrected chi connectivity index (χ1v) is 8.68. The molecule has 0 aliphatic heterocycles. The summed E-state index contributed by atoms with van der Waals surface area (Å²) >= 11 is 10.3. The summed E-state index contributed by atoms with van der Waals surface area (Å²) in [5.74, 6) is 0.735. The first-order chi connectivity index (χ1) is 10.1. The van der Waals surface area contributed by atoms with Crippen LogP contribution in [0.25, 0.3) is 0 Å². The number of anilines is 1. The van der Waals surface area contributed by atoms with E-state index >= 15 is 0 Å². The molecule has 2 rings (SSSR count). The fraction of sp³-hybridized carbons (Fsp3) is 0.200. The first kappa shape index (κ1) is 16.8. The Bertz CT molecular complexity index is 570. The molecule has 0 amide bonds. The van der Waals surface area contributed by atoms with Gasteiger partial charge in [-0.25, -0.2) is 0 Å². The number of hydrogen-bond donors (Lipinski definition) is 2. The second-order valence-corrected chi connectivity index (χ2v) is 7.02. The van der Waals surface area contributed by atoms with Crippen LogP contribution in [0.1, 0.15) is 0 Å². The summed E-state index contributed by atoms with van der Waals surface area (Å²) in [5.41, 5.74) is 0.917. The van der Waals surface area contributed by atoms with Crippen LogP contribution < -0.4 is 10.1 Å². The zero-order valence-electron chi connectivity index (χ0n) is 11.0.